The lowest BCUT2D eigenvalue weighted by atomic mass is 10.1. The van der Waals surface area contributed by atoms with Gasteiger partial charge in [-0.2, -0.15) is 0 Å². The topological polar surface area (TPSA) is 26.3 Å². The first-order valence-corrected chi connectivity index (χ1v) is 6.18. The van der Waals surface area contributed by atoms with Crippen molar-refractivity contribution in [2.24, 2.45) is 0 Å². The van der Waals surface area contributed by atoms with Gasteiger partial charge in [0.2, 0.25) is 0 Å². The number of hydrogen-bond donors (Lipinski definition) is 0. The number of esters is 1. The maximum atomic E-state index is 11.3. The number of hydrogen-bond acceptors (Lipinski definition) is 2. The molecule has 2 nitrogen and oxygen atoms in total. The van der Waals surface area contributed by atoms with Crippen LogP contribution in [0.1, 0.15) is 21.5 Å². The predicted molar refractivity (Wildman–Crippen MR) is 77.0 cm³/mol. The van der Waals surface area contributed by atoms with Crippen LogP contribution in [0.15, 0.2) is 60.7 Å². The third-order valence-electron chi connectivity index (χ3n) is 2.84. The van der Waals surface area contributed by atoms with E-state index in [9.17, 15) is 4.79 Å². The minimum atomic E-state index is -0.300. The summed E-state index contributed by atoms with van der Waals surface area (Å²) in [7, 11) is 1.39. The van der Waals surface area contributed by atoms with E-state index in [0.29, 0.717) is 5.56 Å². The van der Waals surface area contributed by atoms with Gasteiger partial charge < -0.3 is 4.74 Å². The number of methoxy groups -OCH3 is 1. The average molecular weight is 252 g/mol. The Bertz CT molecular complexity index is 554. The smallest absolute Gasteiger partial charge is 0.337 e. The van der Waals surface area contributed by atoms with Gasteiger partial charge in [-0.05, 0) is 29.7 Å². The van der Waals surface area contributed by atoms with Crippen molar-refractivity contribution in [1.29, 1.82) is 0 Å². The first-order valence-electron chi connectivity index (χ1n) is 6.18. The van der Waals surface area contributed by atoms with Crippen LogP contribution in [-0.4, -0.2) is 13.1 Å². The largest absolute Gasteiger partial charge is 0.465 e. The second kappa shape index (κ2) is 6.55. The lowest BCUT2D eigenvalue weighted by molar-refractivity contribution is 0.0600. The van der Waals surface area contributed by atoms with Crippen molar-refractivity contribution < 1.29 is 9.53 Å². The van der Waals surface area contributed by atoms with Crippen molar-refractivity contribution >= 4 is 12.0 Å². The first kappa shape index (κ1) is 13.1. The Balaban J connectivity index is 1.97. The normalized spacial score (nSPS) is 10.6. The third-order valence-corrected chi connectivity index (χ3v) is 2.84. The van der Waals surface area contributed by atoms with Gasteiger partial charge in [-0.25, -0.2) is 4.79 Å². The zero-order chi connectivity index (χ0) is 13.5. The summed E-state index contributed by atoms with van der Waals surface area (Å²) in [4.78, 5) is 11.3. The molecular formula is C17H16O2. The van der Waals surface area contributed by atoms with Gasteiger partial charge in [0, 0.05) is 0 Å². The number of ether oxygens (including phenoxy) is 1. The summed E-state index contributed by atoms with van der Waals surface area (Å²) in [5.74, 6) is -0.300. The van der Waals surface area contributed by atoms with Gasteiger partial charge in [-0.3, -0.25) is 0 Å². The van der Waals surface area contributed by atoms with Gasteiger partial charge in [0.15, 0.2) is 0 Å². The van der Waals surface area contributed by atoms with Crippen LogP contribution in [0.3, 0.4) is 0 Å². The summed E-state index contributed by atoms with van der Waals surface area (Å²) >= 11 is 0. The number of benzene rings is 2. The van der Waals surface area contributed by atoms with E-state index in [1.165, 1.54) is 18.2 Å². The highest BCUT2D eigenvalue weighted by atomic mass is 16.5. The Morgan fingerprint density at radius 1 is 1.05 bits per heavy atom. The Morgan fingerprint density at radius 3 is 2.37 bits per heavy atom. The second-order valence-corrected chi connectivity index (χ2v) is 4.21. The molecule has 2 heteroatoms. The molecule has 2 aromatic carbocycles. The van der Waals surface area contributed by atoms with E-state index < -0.39 is 0 Å². The minimum absolute atomic E-state index is 0.300. The van der Waals surface area contributed by atoms with Crippen molar-refractivity contribution in [2.75, 3.05) is 7.11 Å². The number of allylic oxidation sites excluding steroid dienone is 1. The van der Waals surface area contributed by atoms with Crippen molar-refractivity contribution in [3.05, 3.63) is 77.4 Å². The van der Waals surface area contributed by atoms with Crippen LogP contribution in [0.2, 0.25) is 0 Å². The third kappa shape index (κ3) is 3.81. The Morgan fingerprint density at radius 2 is 1.74 bits per heavy atom. The molecule has 0 amide bonds. The molecule has 0 aliphatic carbocycles. The number of carbonyl (C=O) groups excluding carboxylic acids is 1. The Hall–Kier alpha value is -2.35. The monoisotopic (exact) mass is 252 g/mol. The minimum Gasteiger partial charge on any atom is -0.465 e. The van der Waals surface area contributed by atoms with Gasteiger partial charge in [0.25, 0.3) is 0 Å². The summed E-state index contributed by atoms with van der Waals surface area (Å²) in [6.07, 6.45) is 5.05. The molecule has 2 aromatic rings. The molecule has 0 aliphatic rings. The highest BCUT2D eigenvalue weighted by Crippen LogP contribution is 2.08. The van der Waals surface area contributed by atoms with Crippen molar-refractivity contribution in [3.8, 4) is 0 Å². The molecule has 0 N–H and O–H groups in total. The van der Waals surface area contributed by atoms with Crippen LogP contribution >= 0.6 is 0 Å². The number of carbonyl (C=O) groups is 1. The van der Waals surface area contributed by atoms with E-state index in [4.69, 9.17) is 0 Å². The van der Waals surface area contributed by atoms with Gasteiger partial charge >= 0.3 is 5.97 Å². The van der Waals surface area contributed by atoms with Crippen LogP contribution in [-0.2, 0) is 11.2 Å². The lowest BCUT2D eigenvalue weighted by Gasteiger charge is -2.00. The van der Waals surface area contributed by atoms with Crippen LogP contribution in [0, 0.1) is 0 Å². The fraction of sp³-hybridized carbons (Fsp3) is 0.118. The molecule has 0 unspecified atom stereocenters. The van der Waals surface area contributed by atoms with Gasteiger partial charge in [-0.15, -0.1) is 0 Å². The maximum Gasteiger partial charge on any atom is 0.337 e. The molecule has 0 fully saturated rings. The SMILES string of the molecule is COC(=O)c1ccc(C/C=C/c2ccccc2)cc1. The summed E-state index contributed by atoms with van der Waals surface area (Å²) in [5, 5.41) is 0. The molecule has 0 bridgehead atoms. The van der Waals surface area contributed by atoms with Gasteiger partial charge in [0.05, 0.1) is 12.7 Å². The zero-order valence-electron chi connectivity index (χ0n) is 10.9. The average Bonchev–Trinajstić information content (AvgIpc) is 2.48. The van der Waals surface area contributed by atoms with E-state index in [-0.39, 0.29) is 5.97 Å². The first-order chi connectivity index (χ1) is 9.29. The maximum absolute atomic E-state index is 11.3. The van der Waals surface area contributed by atoms with E-state index in [0.717, 1.165) is 6.42 Å². The van der Waals surface area contributed by atoms with E-state index in [2.05, 4.69) is 29.0 Å². The van der Waals surface area contributed by atoms with Crippen molar-refractivity contribution in [1.82, 2.24) is 0 Å². The standard InChI is InChI=1S/C17H16O2/c1-19-17(18)16-12-10-15(11-13-16)9-5-8-14-6-3-2-4-7-14/h2-8,10-13H,9H2,1H3/b8-5+. The molecule has 19 heavy (non-hydrogen) atoms. The molecule has 2 rings (SSSR count). The van der Waals surface area contributed by atoms with E-state index in [1.54, 1.807) is 12.1 Å². The highest BCUT2D eigenvalue weighted by Gasteiger charge is 2.03. The Labute approximate surface area is 113 Å². The van der Waals surface area contributed by atoms with Crippen molar-refractivity contribution in [2.45, 2.75) is 6.42 Å². The molecule has 0 saturated carbocycles. The van der Waals surface area contributed by atoms with Crippen molar-refractivity contribution in [3.63, 3.8) is 0 Å². The van der Waals surface area contributed by atoms with Gasteiger partial charge in [0.1, 0.15) is 0 Å². The van der Waals surface area contributed by atoms with Gasteiger partial charge in [-0.1, -0.05) is 54.6 Å². The van der Waals surface area contributed by atoms with Crippen LogP contribution in [0.4, 0.5) is 0 Å². The molecule has 0 radical (unpaired) electrons. The summed E-state index contributed by atoms with van der Waals surface area (Å²) in [6.45, 7) is 0. The summed E-state index contributed by atoms with van der Waals surface area (Å²) in [5.41, 5.74) is 2.94. The summed E-state index contributed by atoms with van der Waals surface area (Å²) < 4.78 is 4.66. The summed E-state index contributed by atoms with van der Waals surface area (Å²) in [6, 6.07) is 17.6. The highest BCUT2D eigenvalue weighted by molar-refractivity contribution is 5.89. The Kier molecular flexibility index (Phi) is 4.51. The van der Waals surface area contributed by atoms with Crippen LogP contribution < -0.4 is 0 Å². The molecule has 0 atom stereocenters. The molecule has 0 spiro atoms. The molecule has 0 aromatic heterocycles. The fourth-order valence-corrected chi connectivity index (χ4v) is 1.79. The second-order valence-electron chi connectivity index (χ2n) is 4.21. The zero-order valence-corrected chi connectivity index (χ0v) is 10.9. The quantitative estimate of drug-likeness (QED) is 0.775. The molecular weight excluding hydrogens is 236 g/mol. The van der Waals surface area contributed by atoms with Crippen LogP contribution in [0.5, 0.6) is 0 Å². The molecule has 0 heterocycles. The molecule has 96 valence electrons. The van der Waals surface area contributed by atoms with E-state index >= 15 is 0 Å². The predicted octanol–water partition coefficient (Wildman–Crippen LogP) is 3.73. The molecule has 0 saturated heterocycles. The molecule has 0 aliphatic heterocycles. The van der Waals surface area contributed by atoms with E-state index in [1.807, 2.05) is 30.3 Å². The lowest BCUT2D eigenvalue weighted by Crippen LogP contribution is -2.00. The fourth-order valence-electron chi connectivity index (χ4n) is 1.79. The number of rotatable bonds is 4. The van der Waals surface area contributed by atoms with Crippen LogP contribution in [0.25, 0.3) is 6.08 Å².